The number of hydrogen-bond donors (Lipinski definition) is 1. The van der Waals surface area contributed by atoms with Gasteiger partial charge in [-0.15, -0.1) is 0 Å². The molecule has 0 fully saturated rings. The summed E-state index contributed by atoms with van der Waals surface area (Å²) in [6, 6.07) is 17.6. The molecule has 0 saturated heterocycles. The molecule has 3 aromatic rings. The van der Waals surface area contributed by atoms with Gasteiger partial charge in [0.15, 0.2) is 11.5 Å². The van der Waals surface area contributed by atoms with Crippen molar-refractivity contribution in [3.63, 3.8) is 0 Å². The molecule has 0 aromatic heterocycles. The highest BCUT2D eigenvalue weighted by Gasteiger charge is 2.32. The lowest BCUT2D eigenvalue weighted by molar-refractivity contribution is 0.0600. The summed E-state index contributed by atoms with van der Waals surface area (Å²) in [6.45, 7) is 4.07. The summed E-state index contributed by atoms with van der Waals surface area (Å²) in [6.07, 6.45) is 2.33. The zero-order chi connectivity index (χ0) is 22.0. The Morgan fingerprint density at radius 2 is 1.94 bits per heavy atom. The van der Waals surface area contributed by atoms with Gasteiger partial charge in [-0.1, -0.05) is 30.3 Å². The molecule has 1 heterocycles. The van der Waals surface area contributed by atoms with Crippen molar-refractivity contribution in [2.24, 2.45) is 4.99 Å². The first kappa shape index (κ1) is 20.5. The molecule has 4 rings (SSSR count). The maximum Gasteiger partial charge on any atom is 0.338 e. The maximum atomic E-state index is 11.9. The van der Waals surface area contributed by atoms with Crippen LogP contribution in [0.2, 0.25) is 0 Å². The number of rotatable bonds is 5. The molecule has 0 amide bonds. The highest BCUT2D eigenvalue weighted by molar-refractivity contribution is 5.99. The molecule has 0 aliphatic carbocycles. The third-order valence-electron chi connectivity index (χ3n) is 4.94. The fourth-order valence-electron chi connectivity index (χ4n) is 3.52. The summed E-state index contributed by atoms with van der Waals surface area (Å²) in [5, 5.41) is 10.4. The summed E-state index contributed by atoms with van der Waals surface area (Å²) in [5.41, 5.74) is 2.16. The Morgan fingerprint density at radius 3 is 2.71 bits per heavy atom. The van der Waals surface area contributed by atoms with Crippen molar-refractivity contribution >= 4 is 17.9 Å². The zero-order valence-electron chi connectivity index (χ0n) is 17.6. The Morgan fingerprint density at radius 1 is 1.13 bits per heavy atom. The fraction of sp³-hybridized carbons (Fsp3) is 0.200. The Labute approximate surface area is 180 Å². The molecule has 0 atom stereocenters. The average Bonchev–Trinajstić information content (AvgIpc) is 3.08. The van der Waals surface area contributed by atoms with E-state index in [4.69, 9.17) is 14.2 Å². The van der Waals surface area contributed by atoms with Gasteiger partial charge < -0.3 is 19.3 Å². The maximum absolute atomic E-state index is 11.9. The lowest BCUT2D eigenvalue weighted by atomic mass is 10.0. The summed E-state index contributed by atoms with van der Waals surface area (Å²) >= 11 is 0. The zero-order valence-corrected chi connectivity index (χ0v) is 17.6. The highest BCUT2D eigenvalue weighted by atomic mass is 16.5. The number of benzene rings is 3. The summed E-state index contributed by atoms with van der Waals surface area (Å²) in [4.78, 5) is 16.2. The number of phenols is 1. The van der Waals surface area contributed by atoms with Gasteiger partial charge in [-0.2, -0.15) is 0 Å². The van der Waals surface area contributed by atoms with Crippen molar-refractivity contribution in [1.82, 2.24) is 0 Å². The third kappa shape index (κ3) is 4.38. The first-order chi connectivity index (χ1) is 14.9. The third-order valence-corrected chi connectivity index (χ3v) is 4.94. The van der Waals surface area contributed by atoms with Crippen LogP contribution in [-0.4, -0.2) is 30.0 Å². The average molecular weight is 417 g/mol. The Bertz CT molecular complexity index is 1170. The Hall–Kier alpha value is -3.80. The molecule has 0 bridgehead atoms. The van der Waals surface area contributed by atoms with Gasteiger partial charge in [0, 0.05) is 29.8 Å². The molecule has 1 aliphatic heterocycles. The van der Waals surface area contributed by atoms with Crippen molar-refractivity contribution in [3.8, 4) is 23.0 Å². The first-order valence-electron chi connectivity index (χ1n) is 9.89. The monoisotopic (exact) mass is 417 g/mol. The normalized spacial score (nSPS) is 14.2. The molecule has 3 aromatic carbocycles. The molecule has 1 aliphatic rings. The van der Waals surface area contributed by atoms with Gasteiger partial charge in [-0.05, 0) is 38.1 Å². The van der Waals surface area contributed by atoms with E-state index >= 15 is 0 Å². The van der Waals surface area contributed by atoms with Crippen LogP contribution in [0.15, 0.2) is 65.7 Å². The van der Waals surface area contributed by atoms with E-state index in [1.54, 1.807) is 36.4 Å². The Balaban J connectivity index is 1.55. The van der Waals surface area contributed by atoms with Crippen LogP contribution in [0.4, 0.5) is 5.69 Å². The molecule has 31 heavy (non-hydrogen) atoms. The van der Waals surface area contributed by atoms with Gasteiger partial charge in [-0.3, -0.25) is 4.99 Å². The van der Waals surface area contributed by atoms with Crippen LogP contribution in [0.3, 0.4) is 0 Å². The number of phenolic OH excluding ortho intramolecular Hbond substituents is 1. The van der Waals surface area contributed by atoms with Gasteiger partial charge in [-0.25, -0.2) is 4.79 Å². The minimum absolute atomic E-state index is 0.0434. The highest BCUT2D eigenvalue weighted by Crippen LogP contribution is 2.44. The predicted molar refractivity (Wildman–Crippen MR) is 118 cm³/mol. The molecular weight excluding hydrogens is 394 g/mol. The van der Waals surface area contributed by atoms with E-state index in [0.29, 0.717) is 28.3 Å². The predicted octanol–water partition coefficient (Wildman–Crippen LogP) is 5.44. The minimum atomic E-state index is -0.448. The molecule has 0 saturated carbocycles. The standard InChI is InChI=1S/C25H23NO5/c1-25(2)14-16-8-6-10-22(23(16)31-25)30-18-11-12-20(21(27)13-18)26-15-17-7-4-5-9-19(17)24(28)29-3/h4-13,15,27H,14H2,1-3H3. The Kier molecular flexibility index (Phi) is 5.38. The van der Waals surface area contributed by atoms with E-state index in [1.807, 2.05) is 32.0 Å². The van der Waals surface area contributed by atoms with E-state index in [-0.39, 0.29) is 11.4 Å². The van der Waals surface area contributed by atoms with Crippen molar-refractivity contribution in [2.45, 2.75) is 25.9 Å². The van der Waals surface area contributed by atoms with Crippen LogP contribution >= 0.6 is 0 Å². The van der Waals surface area contributed by atoms with Crippen LogP contribution in [0, 0.1) is 0 Å². The topological polar surface area (TPSA) is 77.4 Å². The number of carbonyl (C=O) groups excluding carboxylic acids is 1. The van der Waals surface area contributed by atoms with Crippen LogP contribution in [-0.2, 0) is 11.2 Å². The van der Waals surface area contributed by atoms with E-state index in [2.05, 4.69) is 4.99 Å². The number of para-hydroxylation sites is 1. The number of aliphatic imine (C=N–C) groups is 1. The SMILES string of the molecule is COC(=O)c1ccccc1C=Nc1ccc(Oc2cccc3c2OC(C)(C)C3)cc1O. The smallest absolute Gasteiger partial charge is 0.338 e. The lowest BCUT2D eigenvalue weighted by Gasteiger charge is -2.18. The number of esters is 1. The number of carbonyl (C=O) groups is 1. The number of hydrogen-bond acceptors (Lipinski definition) is 6. The molecule has 0 unspecified atom stereocenters. The van der Waals surface area contributed by atoms with Crippen molar-refractivity contribution in [2.75, 3.05) is 7.11 Å². The second-order valence-corrected chi connectivity index (χ2v) is 7.87. The molecule has 1 N–H and O–H groups in total. The summed E-state index contributed by atoms with van der Waals surface area (Å²) in [5.74, 6) is 1.31. The fourth-order valence-corrected chi connectivity index (χ4v) is 3.52. The van der Waals surface area contributed by atoms with Crippen molar-refractivity contribution in [1.29, 1.82) is 0 Å². The number of nitrogens with zero attached hydrogens (tertiary/aromatic N) is 1. The number of methoxy groups -OCH3 is 1. The molecule has 0 radical (unpaired) electrons. The van der Waals surface area contributed by atoms with E-state index in [9.17, 15) is 9.90 Å². The van der Waals surface area contributed by atoms with Gasteiger partial charge in [0.05, 0.1) is 12.7 Å². The first-order valence-corrected chi connectivity index (χ1v) is 9.89. The quantitative estimate of drug-likeness (QED) is 0.442. The van der Waals surface area contributed by atoms with E-state index < -0.39 is 5.97 Å². The van der Waals surface area contributed by atoms with Crippen LogP contribution in [0.25, 0.3) is 0 Å². The van der Waals surface area contributed by atoms with Gasteiger partial charge in [0.2, 0.25) is 0 Å². The van der Waals surface area contributed by atoms with Crippen LogP contribution in [0.5, 0.6) is 23.0 Å². The number of fused-ring (bicyclic) bond motifs is 1. The second kappa shape index (κ2) is 8.14. The second-order valence-electron chi connectivity index (χ2n) is 7.87. The summed E-state index contributed by atoms with van der Waals surface area (Å²) in [7, 11) is 1.33. The van der Waals surface area contributed by atoms with Gasteiger partial charge in [0.25, 0.3) is 0 Å². The van der Waals surface area contributed by atoms with Crippen molar-refractivity contribution in [3.05, 3.63) is 77.4 Å². The number of ether oxygens (including phenoxy) is 3. The lowest BCUT2D eigenvalue weighted by Crippen LogP contribution is -2.24. The minimum Gasteiger partial charge on any atom is -0.506 e. The van der Waals surface area contributed by atoms with Crippen LogP contribution < -0.4 is 9.47 Å². The van der Waals surface area contributed by atoms with Gasteiger partial charge >= 0.3 is 5.97 Å². The molecule has 158 valence electrons. The molecule has 0 spiro atoms. The molecular formula is C25H23NO5. The van der Waals surface area contributed by atoms with Crippen LogP contribution in [0.1, 0.15) is 35.3 Å². The van der Waals surface area contributed by atoms with Crippen molar-refractivity contribution < 1.29 is 24.1 Å². The molecule has 6 heteroatoms. The van der Waals surface area contributed by atoms with E-state index in [1.165, 1.54) is 19.4 Å². The largest absolute Gasteiger partial charge is 0.506 e. The molecule has 6 nitrogen and oxygen atoms in total. The summed E-state index contributed by atoms with van der Waals surface area (Å²) < 4.78 is 16.8. The van der Waals surface area contributed by atoms with Gasteiger partial charge in [0.1, 0.15) is 22.8 Å². The van der Waals surface area contributed by atoms with E-state index in [0.717, 1.165) is 17.7 Å². The number of aromatic hydroxyl groups is 1.